The second-order valence-electron chi connectivity index (χ2n) is 8.73. The summed E-state index contributed by atoms with van der Waals surface area (Å²) in [6.07, 6.45) is 9.38. The molecule has 1 aliphatic rings. The molecule has 2 N–H and O–H groups in total. The number of sulfonamides is 1. The number of allylic oxidation sites excluding steroid dienone is 1. The molecule has 1 fully saturated rings. The second-order valence-corrected chi connectivity index (χ2v) is 10.9. The Balaban J connectivity index is 1.58. The van der Waals surface area contributed by atoms with Crippen molar-refractivity contribution in [2.45, 2.75) is 61.9 Å². The lowest BCUT2D eigenvalue weighted by molar-refractivity contribution is -0.137. The van der Waals surface area contributed by atoms with Crippen LogP contribution in [0.2, 0.25) is 5.02 Å². The van der Waals surface area contributed by atoms with Gasteiger partial charge in [-0.15, -0.1) is 0 Å². The number of benzene rings is 2. The van der Waals surface area contributed by atoms with Gasteiger partial charge in [-0.1, -0.05) is 54.1 Å². The van der Waals surface area contributed by atoms with E-state index >= 15 is 0 Å². The Morgan fingerprint density at radius 3 is 2.53 bits per heavy atom. The van der Waals surface area contributed by atoms with Gasteiger partial charge in [0.25, 0.3) is 0 Å². The molecule has 2 atom stereocenters. The van der Waals surface area contributed by atoms with Crippen LogP contribution >= 0.6 is 11.6 Å². The smallest absolute Gasteiger partial charge is 0.303 e. The summed E-state index contributed by atoms with van der Waals surface area (Å²) in [4.78, 5) is 13.3. The van der Waals surface area contributed by atoms with E-state index in [1.807, 2.05) is 12.1 Å². The molecule has 0 unspecified atom stereocenters. The maximum Gasteiger partial charge on any atom is 0.303 e. The minimum Gasteiger partial charge on any atom is -0.481 e. The number of nitrogens with one attached hydrogen (secondary N) is 1. The normalized spacial score (nSPS) is 19.1. The Bertz CT molecular complexity index is 1040. The van der Waals surface area contributed by atoms with Gasteiger partial charge < -0.3 is 5.11 Å². The average Bonchev–Trinajstić information content (AvgIpc) is 3.17. The van der Waals surface area contributed by atoms with Crippen molar-refractivity contribution >= 4 is 27.6 Å². The van der Waals surface area contributed by atoms with Crippen LogP contribution in [-0.2, 0) is 21.2 Å². The lowest BCUT2D eigenvalue weighted by Crippen LogP contribution is -2.37. The number of carboxylic acids is 1. The Labute approximate surface area is 207 Å². The zero-order chi connectivity index (χ0) is 24.4. The highest BCUT2D eigenvalue weighted by atomic mass is 35.5. The third kappa shape index (κ3) is 8.55. The van der Waals surface area contributed by atoms with Gasteiger partial charge in [-0.05, 0) is 74.9 Å². The van der Waals surface area contributed by atoms with Crippen LogP contribution in [0.3, 0.4) is 0 Å². The lowest BCUT2D eigenvalue weighted by Gasteiger charge is -2.21. The van der Waals surface area contributed by atoms with Crippen molar-refractivity contribution in [3.8, 4) is 0 Å². The first-order valence-electron chi connectivity index (χ1n) is 11.8. The highest BCUT2D eigenvalue weighted by Crippen LogP contribution is 2.23. The predicted octanol–water partition coefficient (Wildman–Crippen LogP) is 4.90. The van der Waals surface area contributed by atoms with Crippen LogP contribution in [-0.4, -0.2) is 49.6 Å². The average molecular weight is 505 g/mol. The van der Waals surface area contributed by atoms with E-state index in [1.165, 1.54) is 17.7 Å². The third-order valence-corrected chi connectivity index (χ3v) is 7.81. The molecular formula is C26H33ClN2O4S. The fourth-order valence-electron chi connectivity index (χ4n) is 4.29. The van der Waals surface area contributed by atoms with E-state index < -0.39 is 16.0 Å². The summed E-state index contributed by atoms with van der Waals surface area (Å²) in [6.45, 7) is 1.53. The molecule has 0 amide bonds. The van der Waals surface area contributed by atoms with E-state index in [0.29, 0.717) is 30.8 Å². The van der Waals surface area contributed by atoms with E-state index in [0.717, 1.165) is 25.8 Å². The van der Waals surface area contributed by atoms with Crippen LogP contribution in [0.25, 0.3) is 0 Å². The zero-order valence-electron chi connectivity index (χ0n) is 19.3. The number of carbonyl (C=O) groups is 1. The minimum absolute atomic E-state index is 0.125. The first kappa shape index (κ1) is 26.4. The molecule has 0 aromatic heterocycles. The maximum atomic E-state index is 12.8. The Hall–Kier alpha value is -2.19. The van der Waals surface area contributed by atoms with Crippen molar-refractivity contribution in [2.75, 3.05) is 13.1 Å². The number of likely N-dealkylation sites (tertiary alicyclic amines) is 1. The summed E-state index contributed by atoms with van der Waals surface area (Å²) in [7, 11) is -3.63. The molecule has 8 heteroatoms. The summed E-state index contributed by atoms with van der Waals surface area (Å²) in [6, 6.07) is 16.5. The Morgan fingerprint density at radius 1 is 1.09 bits per heavy atom. The van der Waals surface area contributed by atoms with Crippen molar-refractivity contribution in [1.29, 1.82) is 0 Å². The molecule has 184 valence electrons. The van der Waals surface area contributed by atoms with Crippen LogP contribution in [0.4, 0.5) is 0 Å². The largest absolute Gasteiger partial charge is 0.481 e. The number of unbranched alkanes of at least 4 members (excludes halogenated alkanes) is 2. The van der Waals surface area contributed by atoms with E-state index in [-0.39, 0.29) is 23.4 Å². The number of carboxylic acid groups (broad SMARTS) is 1. The molecule has 0 aliphatic carbocycles. The predicted molar refractivity (Wildman–Crippen MR) is 136 cm³/mol. The molecule has 1 aliphatic heterocycles. The Morgan fingerprint density at radius 2 is 1.82 bits per heavy atom. The van der Waals surface area contributed by atoms with Crippen molar-refractivity contribution in [1.82, 2.24) is 9.62 Å². The molecule has 1 heterocycles. The maximum absolute atomic E-state index is 12.8. The monoisotopic (exact) mass is 504 g/mol. The summed E-state index contributed by atoms with van der Waals surface area (Å²) in [5.41, 5.74) is 1.33. The number of aliphatic carboxylic acids is 1. The fourth-order valence-corrected chi connectivity index (χ4v) is 5.66. The molecule has 0 radical (unpaired) electrons. The Kier molecular flexibility index (Phi) is 10.1. The van der Waals surface area contributed by atoms with E-state index in [1.54, 1.807) is 12.1 Å². The van der Waals surface area contributed by atoms with Crippen LogP contribution in [0.1, 0.15) is 44.1 Å². The van der Waals surface area contributed by atoms with Crippen molar-refractivity contribution in [3.05, 3.63) is 77.3 Å². The summed E-state index contributed by atoms with van der Waals surface area (Å²) in [5, 5.41) is 9.31. The summed E-state index contributed by atoms with van der Waals surface area (Å²) < 4.78 is 28.6. The van der Waals surface area contributed by atoms with Crippen LogP contribution in [0, 0.1) is 0 Å². The zero-order valence-corrected chi connectivity index (χ0v) is 20.8. The third-order valence-electron chi connectivity index (χ3n) is 6.02. The number of hydrogen-bond acceptors (Lipinski definition) is 4. The summed E-state index contributed by atoms with van der Waals surface area (Å²) >= 11 is 5.90. The topological polar surface area (TPSA) is 86.7 Å². The molecule has 0 bridgehead atoms. The number of nitrogens with zero attached hydrogens (tertiary/aromatic N) is 1. The molecule has 3 rings (SSSR count). The molecule has 0 spiro atoms. The number of halogens is 1. The highest BCUT2D eigenvalue weighted by Gasteiger charge is 2.32. The second kappa shape index (κ2) is 13.0. The van der Waals surface area contributed by atoms with Gasteiger partial charge >= 0.3 is 5.97 Å². The van der Waals surface area contributed by atoms with Gasteiger partial charge in [-0.2, -0.15) is 0 Å². The quantitative estimate of drug-likeness (QED) is 0.299. The fraction of sp³-hybridized carbons (Fsp3) is 0.423. The van der Waals surface area contributed by atoms with Crippen LogP contribution in [0.15, 0.2) is 71.6 Å². The SMILES string of the molecule is O=C(O)CCC/C=C\[C@@H]1C[C@@H](NS(=O)(=O)c2ccc(Cl)cc2)CN1CCCCc1ccccc1. The van der Waals surface area contributed by atoms with Gasteiger partial charge in [0.1, 0.15) is 0 Å². The van der Waals surface area contributed by atoms with Crippen LogP contribution < -0.4 is 4.72 Å². The molecule has 2 aromatic rings. The van der Waals surface area contributed by atoms with Crippen molar-refractivity contribution < 1.29 is 18.3 Å². The highest BCUT2D eigenvalue weighted by molar-refractivity contribution is 7.89. The van der Waals surface area contributed by atoms with Crippen LogP contribution in [0.5, 0.6) is 0 Å². The molecule has 34 heavy (non-hydrogen) atoms. The number of rotatable bonds is 13. The van der Waals surface area contributed by atoms with Gasteiger partial charge in [0.05, 0.1) is 4.90 Å². The van der Waals surface area contributed by atoms with Gasteiger partial charge in [-0.25, -0.2) is 13.1 Å². The number of aryl methyl sites for hydroxylation is 1. The molecule has 2 aromatic carbocycles. The van der Waals surface area contributed by atoms with Gasteiger partial charge in [0, 0.05) is 30.1 Å². The first-order valence-corrected chi connectivity index (χ1v) is 13.6. The van der Waals surface area contributed by atoms with E-state index in [9.17, 15) is 13.2 Å². The van der Waals surface area contributed by atoms with Gasteiger partial charge in [0.2, 0.25) is 10.0 Å². The van der Waals surface area contributed by atoms with E-state index in [2.05, 4.69) is 40.0 Å². The van der Waals surface area contributed by atoms with Gasteiger partial charge in [0.15, 0.2) is 0 Å². The molecular weight excluding hydrogens is 472 g/mol. The molecule has 0 saturated carbocycles. The molecule has 1 saturated heterocycles. The minimum atomic E-state index is -3.63. The number of hydrogen-bond donors (Lipinski definition) is 2. The lowest BCUT2D eigenvalue weighted by atomic mass is 10.1. The van der Waals surface area contributed by atoms with Gasteiger partial charge in [-0.3, -0.25) is 9.69 Å². The first-order chi connectivity index (χ1) is 16.3. The standard InChI is InChI=1S/C26H33ClN2O4S/c27-22-14-16-25(17-15-22)34(32,33)28-23-19-24(12-5-2-6-13-26(30)31)29(20-23)18-8-7-11-21-9-3-1-4-10-21/h1,3-5,9-10,12,14-17,23-24,28H,2,6-8,11,13,18-20H2,(H,30,31)/b12-5-/t23-,24-/m1/s1. The van der Waals surface area contributed by atoms with E-state index in [4.69, 9.17) is 16.7 Å². The summed E-state index contributed by atoms with van der Waals surface area (Å²) in [5.74, 6) is -0.786. The van der Waals surface area contributed by atoms with Crippen molar-refractivity contribution in [3.63, 3.8) is 0 Å². The van der Waals surface area contributed by atoms with Crippen molar-refractivity contribution in [2.24, 2.45) is 0 Å². The molecule has 6 nitrogen and oxygen atoms in total.